The smallest absolute Gasteiger partial charge is 0.257 e. The minimum atomic E-state index is -0.283. The number of anilines is 3. The van der Waals surface area contributed by atoms with Gasteiger partial charge in [-0.05, 0) is 55.3 Å². The van der Waals surface area contributed by atoms with Crippen molar-refractivity contribution < 1.29 is 14.4 Å². The minimum absolute atomic E-state index is 0.0368. The molecular formula is C29H33N5O3. The number of nitrogens with one attached hydrogen (secondary N) is 3. The fourth-order valence-corrected chi connectivity index (χ4v) is 4.29. The van der Waals surface area contributed by atoms with E-state index in [0.29, 0.717) is 49.7 Å². The first-order chi connectivity index (χ1) is 17.9. The van der Waals surface area contributed by atoms with Crippen LogP contribution in [0.2, 0.25) is 0 Å². The first kappa shape index (κ1) is 26.1. The number of piperazine rings is 1. The predicted molar refractivity (Wildman–Crippen MR) is 147 cm³/mol. The van der Waals surface area contributed by atoms with E-state index < -0.39 is 0 Å². The number of nitrogens with zero attached hydrogens (tertiary/aromatic N) is 2. The van der Waals surface area contributed by atoms with Gasteiger partial charge < -0.3 is 16.0 Å². The lowest BCUT2D eigenvalue weighted by molar-refractivity contribution is -0.120. The number of benzene rings is 3. The molecule has 0 spiro atoms. The molecule has 192 valence electrons. The Morgan fingerprint density at radius 1 is 0.649 bits per heavy atom. The van der Waals surface area contributed by atoms with Gasteiger partial charge >= 0.3 is 0 Å². The molecule has 37 heavy (non-hydrogen) atoms. The SMILES string of the molecule is Cc1cccc(NC(=O)CN2CCN(CC(=O)Nc3ccccc3C(=O)Nc3ccccc3)CC2)c1C. The highest BCUT2D eigenvalue weighted by molar-refractivity contribution is 6.10. The van der Waals surface area contributed by atoms with Crippen LogP contribution in [0.15, 0.2) is 72.8 Å². The molecule has 3 aromatic rings. The lowest BCUT2D eigenvalue weighted by Gasteiger charge is -2.33. The van der Waals surface area contributed by atoms with Crippen LogP contribution < -0.4 is 16.0 Å². The quantitative estimate of drug-likeness (QED) is 0.439. The third kappa shape index (κ3) is 7.25. The fraction of sp³-hybridized carbons (Fsp3) is 0.276. The summed E-state index contributed by atoms with van der Waals surface area (Å²) in [6, 6.07) is 22.1. The van der Waals surface area contributed by atoms with Crippen molar-refractivity contribution in [2.45, 2.75) is 13.8 Å². The molecule has 1 aliphatic heterocycles. The second kappa shape index (κ2) is 12.3. The Hall–Kier alpha value is -4.01. The molecule has 1 aliphatic rings. The van der Waals surface area contributed by atoms with Gasteiger partial charge in [0, 0.05) is 37.6 Å². The fourth-order valence-electron chi connectivity index (χ4n) is 4.29. The molecule has 8 heteroatoms. The summed E-state index contributed by atoms with van der Waals surface area (Å²) in [6.45, 7) is 7.32. The van der Waals surface area contributed by atoms with Crippen LogP contribution in [0.1, 0.15) is 21.5 Å². The maximum atomic E-state index is 12.8. The average molecular weight is 500 g/mol. The van der Waals surface area contributed by atoms with Crippen molar-refractivity contribution in [2.75, 3.05) is 55.2 Å². The first-order valence-corrected chi connectivity index (χ1v) is 12.4. The van der Waals surface area contributed by atoms with E-state index in [9.17, 15) is 14.4 Å². The third-order valence-corrected chi connectivity index (χ3v) is 6.56. The molecule has 0 atom stereocenters. The Morgan fingerprint density at radius 2 is 1.19 bits per heavy atom. The molecular weight excluding hydrogens is 466 g/mol. The van der Waals surface area contributed by atoms with E-state index in [1.807, 2.05) is 62.4 Å². The molecule has 0 bridgehead atoms. The maximum Gasteiger partial charge on any atom is 0.257 e. The van der Waals surface area contributed by atoms with Gasteiger partial charge in [0.1, 0.15) is 0 Å². The van der Waals surface area contributed by atoms with E-state index in [0.717, 1.165) is 16.8 Å². The van der Waals surface area contributed by atoms with Crippen LogP contribution >= 0.6 is 0 Å². The Bertz CT molecular complexity index is 1250. The molecule has 0 aliphatic carbocycles. The monoisotopic (exact) mass is 499 g/mol. The van der Waals surface area contributed by atoms with Crippen LogP contribution in [0, 0.1) is 13.8 Å². The van der Waals surface area contributed by atoms with Crippen LogP contribution in [0.25, 0.3) is 0 Å². The zero-order valence-corrected chi connectivity index (χ0v) is 21.3. The standard InChI is InChI=1S/C29H33N5O3/c1-21-9-8-14-25(22(21)2)31-27(35)19-33-15-17-34(18-16-33)20-28(36)32-26-13-7-6-12-24(26)29(37)30-23-10-4-3-5-11-23/h3-14H,15-20H2,1-2H3,(H,30,37)(H,31,35)(H,32,36). The largest absolute Gasteiger partial charge is 0.325 e. The van der Waals surface area contributed by atoms with Gasteiger partial charge in [0.15, 0.2) is 0 Å². The van der Waals surface area contributed by atoms with E-state index in [1.54, 1.807) is 24.3 Å². The van der Waals surface area contributed by atoms with Crippen molar-refractivity contribution in [3.63, 3.8) is 0 Å². The van der Waals surface area contributed by atoms with Crippen molar-refractivity contribution in [1.29, 1.82) is 0 Å². The summed E-state index contributed by atoms with van der Waals surface area (Å²) in [5.74, 6) is -0.499. The molecule has 3 aromatic carbocycles. The summed E-state index contributed by atoms with van der Waals surface area (Å²) in [4.78, 5) is 42.2. The number of amides is 3. The van der Waals surface area contributed by atoms with Gasteiger partial charge in [-0.25, -0.2) is 0 Å². The van der Waals surface area contributed by atoms with Crippen LogP contribution in [-0.2, 0) is 9.59 Å². The van der Waals surface area contributed by atoms with Crippen LogP contribution in [0.4, 0.5) is 17.1 Å². The van der Waals surface area contributed by atoms with Crippen LogP contribution in [0.5, 0.6) is 0 Å². The van der Waals surface area contributed by atoms with Crippen molar-refractivity contribution in [1.82, 2.24) is 9.80 Å². The van der Waals surface area contributed by atoms with E-state index in [-0.39, 0.29) is 24.3 Å². The molecule has 1 saturated heterocycles. The summed E-state index contributed by atoms with van der Waals surface area (Å²) in [5, 5.41) is 8.75. The number of carbonyl (C=O) groups excluding carboxylic acids is 3. The van der Waals surface area contributed by atoms with E-state index in [4.69, 9.17) is 0 Å². The van der Waals surface area contributed by atoms with Crippen molar-refractivity contribution in [3.8, 4) is 0 Å². The van der Waals surface area contributed by atoms with Gasteiger partial charge in [0.05, 0.1) is 24.3 Å². The third-order valence-electron chi connectivity index (χ3n) is 6.56. The number of aryl methyl sites for hydroxylation is 1. The topological polar surface area (TPSA) is 93.8 Å². The maximum absolute atomic E-state index is 12.8. The number of hydrogen-bond donors (Lipinski definition) is 3. The average Bonchev–Trinajstić information content (AvgIpc) is 2.89. The Balaban J connectivity index is 1.24. The van der Waals surface area contributed by atoms with Crippen molar-refractivity contribution >= 4 is 34.8 Å². The lowest BCUT2D eigenvalue weighted by atomic mass is 10.1. The Morgan fingerprint density at radius 3 is 1.84 bits per heavy atom. The zero-order valence-electron chi connectivity index (χ0n) is 21.3. The minimum Gasteiger partial charge on any atom is -0.325 e. The summed E-state index contributed by atoms with van der Waals surface area (Å²) in [5.41, 5.74) is 4.63. The van der Waals surface area contributed by atoms with Crippen molar-refractivity contribution in [3.05, 3.63) is 89.5 Å². The highest BCUT2D eigenvalue weighted by Gasteiger charge is 2.22. The first-order valence-electron chi connectivity index (χ1n) is 12.4. The predicted octanol–water partition coefficient (Wildman–Crippen LogP) is 3.75. The molecule has 0 radical (unpaired) electrons. The molecule has 3 N–H and O–H groups in total. The normalized spacial score (nSPS) is 14.1. The van der Waals surface area contributed by atoms with Gasteiger partial charge in [-0.3, -0.25) is 24.2 Å². The number of carbonyl (C=O) groups is 3. The second-order valence-corrected chi connectivity index (χ2v) is 9.26. The van der Waals surface area contributed by atoms with Gasteiger partial charge in [0.2, 0.25) is 11.8 Å². The summed E-state index contributed by atoms with van der Waals surface area (Å²) < 4.78 is 0. The molecule has 0 saturated carbocycles. The molecule has 3 amide bonds. The highest BCUT2D eigenvalue weighted by Crippen LogP contribution is 2.19. The van der Waals surface area contributed by atoms with Crippen LogP contribution in [-0.4, -0.2) is 66.8 Å². The number of rotatable bonds is 8. The second-order valence-electron chi connectivity index (χ2n) is 9.26. The molecule has 4 rings (SSSR count). The van der Waals surface area contributed by atoms with Gasteiger partial charge in [0.25, 0.3) is 5.91 Å². The Labute approximate surface area is 217 Å². The number of hydrogen-bond acceptors (Lipinski definition) is 5. The van der Waals surface area contributed by atoms with E-state index >= 15 is 0 Å². The molecule has 1 heterocycles. The Kier molecular flexibility index (Phi) is 8.66. The highest BCUT2D eigenvalue weighted by atomic mass is 16.2. The van der Waals surface area contributed by atoms with Gasteiger partial charge in [-0.1, -0.05) is 42.5 Å². The molecule has 8 nitrogen and oxygen atoms in total. The van der Waals surface area contributed by atoms with Gasteiger partial charge in [-0.2, -0.15) is 0 Å². The number of para-hydroxylation sites is 2. The van der Waals surface area contributed by atoms with Crippen molar-refractivity contribution in [2.24, 2.45) is 0 Å². The molecule has 1 fully saturated rings. The molecule has 0 aromatic heterocycles. The molecule has 0 unspecified atom stereocenters. The van der Waals surface area contributed by atoms with E-state index in [2.05, 4.69) is 25.8 Å². The summed E-state index contributed by atoms with van der Waals surface area (Å²) in [7, 11) is 0. The lowest BCUT2D eigenvalue weighted by Crippen LogP contribution is -2.50. The van der Waals surface area contributed by atoms with E-state index in [1.165, 1.54) is 0 Å². The summed E-state index contributed by atoms with van der Waals surface area (Å²) in [6.07, 6.45) is 0. The van der Waals surface area contributed by atoms with Crippen LogP contribution in [0.3, 0.4) is 0 Å². The zero-order chi connectivity index (χ0) is 26.2. The van der Waals surface area contributed by atoms with Gasteiger partial charge in [-0.15, -0.1) is 0 Å². The summed E-state index contributed by atoms with van der Waals surface area (Å²) >= 11 is 0.